The van der Waals surface area contributed by atoms with Crippen molar-refractivity contribution >= 4 is 22.7 Å². The van der Waals surface area contributed by atoms with Gasteiger partial charge in [0, 0.05) is 29.6 Å². The van der Waals surface area contributed by atoms with Crippen molar-refractivity contribution in [1.82, 2.24) is 4.57 Å². The Balaban J connectivity index is 1.79. The van der Waals surface area contributed by atoms with E-state index in [1.807, 2.05) is 60.8 Å². The molecule has 30 heavy (non-hydrogen) atoms. The van der Waals surface area contributed by atoms with Gasteiger partial charge in [0.1, 0.15) is 0 Å². The zero-order valence-corrected chi connectivity index (χ0v) is 17.4. The zero-order valence-electron chi connectivity index (χ0n) is 16.6. The van der Waals surface area contributed by atoms with E-state index in [0.717, 1.165) is 40.3 Å². The van der Waals surface area contributed by atoms with Crippen LogP contribution in [-0.4, -0.2) is 9.49 Å². The highest BCUT2D eigenvalue weighted by molar-refractivity contribution is 7.07. The number of hydrogen-bond acceptors (Lipinski definition) is 4. The molecule has 0 aliphatic rings. The molecule has 4 aromatic rings. The highest BCUT2D eigenvalue weighted by Gasteiger charge is 2.12. The van der Waals surface area contributed by atoms with Crippen LogP contribution < -0.4 is 4.80 Å². The number of non-ortho nitro benzene ring substituents is 1. The van der Waals surface area contributed by atoms with E-state index in [1.54, 1.807) is 23.5 Å². The summed E-state index contributed by atoms with van der Waals surface area (Å²) in [6.45, 7) is 2.78. The van der Waals surface area contributed by atoms with Gasteiger partial charge in [0.05, 0.1) is 16.3 Å². The van der Waals surface area contributed by atoms with E-state index in [-0.39, 0.29) is 10.6 Å². The summed E-state index contributed by atoms with van der Waals surface area (Å²) in [7, 11) is 0. The number of aromatic nitrogens is 1. The van der Waals surface area contributed by atoms with Gasteiger partial charge in [-0.2, -0.15) is 0 Å². The van der Waals surface area contributed by atoms with Crippen LogP contribution in [0.2, 0.25) is 0 Å². The first-order chi connectivity index (χ1) is 14.6. The van der Waals surface area contributed by atoms with Gasteiger partial charge in [-0.3, -0.25) is 10.1 Å². The minimum atomic E-state index is -0.359. The van der Waals surface area contributed by atoms with Gasteiger partial charge in [-0.05, 0) is 36.6 Å². The number of aryl methyl sites for hydroxylation is 2. The van der Waals surface area contributed by atoms with E-state index in [9.17, 15) is 10.1 Å². The van der Waals surface area contributed by atoms with Crippen molar-refractivity contribution in [2.75, 3.05) is 0 Å². The fourth-order valence-electron chi connectivity index (χ4n) is 3.34. The average molecular weight is 416 g/mol. The largest absolute Gasteiger partial charge is 0.316 e. The molecule has 0 bridgehead atoms. The van der Waals surface area contributed by atoms with Crippen LogP contribution in [0.3, 0.4) is 0 Å². The van der Waals surface area contributed by atoms with Gasteiger partial charge in [0.2, 0.25) is 0 Å². The predicted molar refractivity (Wildman–Crippen MR) is 121 cm³/mol. The topological polar surface area (TPSA) is 60.4 Å². The van der Waals surface area contributed by atoms with Crippen molar-refractivity contribution in [2.45, 2.75) is 19.9 Å². The van der Waals surface area contributed by atoms with Crippen molar-refractivity contribution in [1.29, 1.82) is 0 Å². The van der Waals surface area contributed by atoms with Crippen molar-refractivity contribution in [3.05, 3.63) is 110 Å². The highest BCUT2D eigenvalue weighted by atomic mass is 32.1. The fourth-order valence-corrected chi connectivity index (χ4v) is 4.29. The maximum atomic E-state index is 11.2. The molecule has 0 aliphatic heterocycles. The quantitative estimate of drug-likeness (QED) is 0.290. The molecule has 5 nitrogen and oxygen atoms in total. The Morgan fingerprint density at radius 1 is 1.00 bits per heavy atom. The summed E-state index contributed by atoms with van der Waals surface area (Å²) in [6, 6.07) is 25.1. The van der Waals surface area contributed by atoms with Crippen LogP contribution in [0.25, 0.3) is 11.3 Å². The van der Waals surface area contributed by atoms with Gasteiger partial charge < -0.3 is 4.57 Å². The number of nitro groups is 1. The molecule has 0 saturated heterocycles. The van der Waals surface area contributed by atoms with Gasteiger partial charge in [0.15, 0.2) is 4.80 Å². The Kier molecular flexibility index (Phi) is 5.86. The molecule has 6 heteroatoms. The molecular formula is C24H21N3O2S. The number of nitro benzene ring substituents is 1. The third-order valence-electron chi connectivity index (χ3n) is 4.84. The first kappa shape index (κ1) is 19.8. The third kappa shape index (κ3) is 4.55. The van der Waals surface area contributed by atoms with Crippen molar-refractivity contribution in [3.8, 4) is 11.3 Å². The normalized spacial score (nSPS) is 11.6. The maximum absolute atomic E-state index is 11.2. The summed E-state index contributed by atoms with van der Waals surface area (Å²) in [4.78, 5) is 16.6. The number of hydrogen-bond donors (Lipinski definition) is 0. The summed E-state index contributed by atoms with van der Waals surface area (Å²) in [5.74, 6) is 0. The summed E-state index contributed by atoms with van der Waals surface area (Å²) in [5, 5.41) is 13.3. The molecule has 0 unspecified atom stereocenters. The lowest BCUT2D eigenvalue weighted by Crippen LogP contribution is -2.17. The molecule has 1 heterocycles. The minimum Gasteiger partial charge on any atom is -0.316 e. The van der Waals surface area contributed by atoms with Crippen LogP contribution in [-0.2, 0) is 13.0 Å². The molecule has 150 valence electrons. The van der Waals surface area contributed by atoms with E-state index >= 15 is 0 Å². The van der Waals surface area contributed by atoms with Crippen LogP contribution in [0, 0.1) is 17.0 Å². The monoisotopic (exact) mass is 415 g/mol. The van der Waals surface area contributed by atoms with Gasteiger partial charge in [0.25, 0.3) is 5.69 Å². The number of benzene rings is 3. The standard InChI is InChI=1S/C24H21N3O2S/c1-18-7-5-11-21(15-18)25-24-26(14-13-19-8-3-2-4-9-19)23(17-30-24)20-10-6-12-22(16-20)27(28)29/h2-12,15-17H,13-14H2,1H3. The second-order valence-electron chi connectivity index (χ2n) is 7.05. The Bertz CT molecular complexity index is 1240. The van der Waals surface area contributed by atoms with E-state index in [1.165, 1.54) is 11.6 Å². The molecule has 4 rings (SSSR count). The highest BCUT2D eigenvalue weighted by Crippen LogP contribution is 2.25. The second kappa shape index (κ2) is 8.88. The van der Waals surface area contributed by atoms with Crippen molar-refractivity contribution in [3.63, 3.8) is 0 Å². The van der Waals surface area contributed by atoms with Crippen LogP contribution in [0.5, 0.6) is 0 Å². The van der Waals surface area contributed by atoms with Crippen molar-refractivity contribution < 1.29 is 4.92 Å². The molecule has 0 N–H and O–H groups in total. The Labute approximate surface area is 178 Å². The van der Waals surface area contributed by atoms with Crippen molar-refractivity contribution in [2.24, 2.45) is 4.99 Å². The smallest absolute Gasteiger partial charge is 0.270 e. The first-order valence-electron chi connectivity index (χ1n) is 9.68. The molecule has 0 aliphatic carbocycles. The lowest BCUT2D eigenvalue weighted by molar-refractivity contribution is -0.384. The second-order valence-corrected chi connectivity index (χ2v) is 7.89. The van der Waals surface area contributed by atoms with Crippen LogP contribution >= 0.6 is 11.3 Å². The molecule has 0 saturated carbocycles. The number of thiazole rings is 1. The molecule has 0 spiro atoms. The molecule has 0 radical (unpaired) electrons. The van der Waals surface area contributed by atoms with E-state index < -0.39 is 0 Å². The predicted octanol–water partition coefficient (Wildman–Crippen LogP) is 5.91. The van der Waals surface area contributed by atoms with E-state index in [0.29, 0.717) is 0 Å². The number of nitrogens with zero attached hydrogens (tertiary/aromatic N) is 3. The lowest BCUT2D eigenvalue weighted by atomic mass is 10.1. The van der Waals surface area contributed by atoms with Gasteiger partial charge in [-0.15, -0.1) is 11.3 Å². The Hall–Kier alpha value is -3.51. The van der Waals surface area contributed by atoms with Gasteiger partial charge in [-0.1, -0.05) is 54.6 Å². The first-order valence-corrected chi connectivity index (χ1v) is 10.6. The van der Waals surface area contributed by atoms with Gasteiger partial charge in [-0.25, -0.2) is 4.99 Å². The molecular weight excluding hydrogens is 394 g/mol. The number of rotatable bonds is 6. The lowest BCUT2D eigenvalue weighted by Gasteiger charge is -2.10. The van der Waals surface area contributed by atoms with Gasteiger partial charge >= 0.3 is 0 Å². The fraction of sp³-hybridized carbons (Fsp3) is 0.125. The van der Waals surface area contributed by atoms with Crippen LogP contribution in [0.15, 0.2) is 89.2 Å². The molecule has 1 aromatic heterocycles. The Morgan fingerprint density at radius 2 is 1.80 bits per heavy atom. The van der Waals surface area contributed by atoms with E-state index in [2.05, 4.69) is 16.7 Å². The molecule has 0 fully saturated rings. The van der Waals surface area contributed by atoms with E-state index in [4.69, 9.17) is 4.99 Å². The SMILES string of the molecule is Cc1cccc(N=c2scc(-c3cccc([N+](=O)[O-])c3)n2CCc2ccccc2)c1. The summed E-state index contributed by atoms with van der Waals surface area (Å²) in [6.07, 6.45) is 0.848. The summed E-state index contributed by atoms with van der Waals surface area (Å²) >= 11 is 1.55. The maximum Gasteiger partial charge on any atom is 0.270 e. The molecule has 0 atom stereocenters. The summed E-state index contributed by atoms with van der Waals surface area (Å²) < 4.78 is 2.15. The summed E-state index contributed by atoms with van der Waals surface area (Å²) in [5.41, 5.74) is 5.14. The minimum absolute atomic E-state index is 0.0884. The third-order valence-corrected chi connectivity index (χ3v) is 5.71. The zero-order chi connectivity index (χ0) is 20.9. The molecule has 3 aromatic carbocycles. The van der Waals surface area contributed by atoms with Crippen LogP contribution in [0.1, 0.15) is 11.1 Å². The Morgan fingerprint density at radius 3 is 2.57 bits per heavy atom. The van der Waals surface area contributed by atoms with Crippen LogP contribution in [0.4, 0.5) is 11.4 Å². The average Bonchev–Trinajstić information content (AvgIpc) is 3.15. The molecule has 0 amide bonds.